The van der Waals surface area contributed by atoms with E-state index in [4.69, 9.17) is 0 Å². The van der Waals surface area contributed by atoms with Crippen LogP contribution in [0.5, 0.6) is 0 Å². The first-order valence-corrected chi connectivity index (χ1v) is 9.16. The number of carbonyl (C=O) groups is 1. The number of thiazole rings is 1. The van der Waals surface area contributed by atoms with Gasteiger partial charge in [-0.1, -0.05) is 13.8 Å². The predicted molar refractivity (Wildman–Crippen MR) is 92.5 cm³/mol. The predicted octanol–water partition coefficient (Wildman–Crippen LogP) is 2.08. The van der Waals surface area contributed by atoms with Crippen molar-refractivity contribution >= 4 is 17.2 Å². The van der Waals surface area contributed by atoms with Crippen molar-refractivity contribution in [2.45, 2.75) is 46.0 Å². The summed E-state index contributed by atoms with van der Waals surface area (Å²) in [7, 11) is 0. The molecule has 1 aliphatic heterocycles. The van der Waals surface area contributed by atoms with Crippen LogP contribution >= 0.6 is 11.3 Å². The molecule has 1 amide bonds. The average Bonchev–Trinajstić information content (AvgIpc) is 3.12. The van der Waals surface area contributed by atoms with Crippen LogP contribution in [0.15, 0.2) is 4.79 Å². The lowest BCUT2D eigenvalue weighted by Gasteiger charge is -2.30. The lowest BCUT2D eigenvalue weighted by molar-refractivity contribution is 0.0714. The minimum absolute atomic E-state index is 0.0882. The Balaban J connectivity index is 1.68. The number of likely N-dealkylation sites (tertiary alicyclic amines) is 1. The molecule has 0 atom stereocenters. The number of piperidine rings is 1. The molecule has 7 nitrogen and oxygen atoms in total. The molecular formula is C16H23N5O2S. The van der Waals surface area contributed by atoms with Crippen molar-refractivity contribution in [3.8, 4) is 0 Å². The van der Waals surface area contributed by atoms with Crippen LogP contribution in [0.3, 0.4) is 0 Å². The second-order valence-electron chi connectivity index (χ2n) is 6.74. The first-order chi connectivity index (χ1) is 11.4. The number of aryl methyl sites for hydroxylation is 1. The lowest BCUT2D eigenvalue weighted by Crippen LogP contribution is -2.38. The third kappa shape index (κ3) is 3.58. The molecular weight excluding hydrogens is 326 g/mol. The Morgan fingerprint density at radius 1 is 1.38 bits per heavy atom. The highest BCUT2D eigenvalue weighted by atomic mass is 32.1. The minimum atomic E-state index is -0.276. The molecule has 1 aliphatic rings. The molecule has 2 aromatic heterocycles. The van der Waals surface area contributed by atoms with Gasteiger partial charge in [0.25, 0.3) is 5.91 Å². The summed E-state index contributed by atoms with van der Waals surface area (Å²) in [5.41, 5.74) is 0.651. The third-order valence-corrected chi connectivity index (χ3v) is 5.29. The molecule has 2 N–H and O–H groups in total. The van der Waals surface area contributed by atoms with Gasteiger partial charge in [0.2, 0.25) is 0 Å². The number of rotatable bonds is 4. The number of aromatic nitrogens is 4. The molecule has 0 saturated carbocycles. The molecule has 3 heterocycles. The van der Waals surface area contributed by atoms with Crippen LogP contribution in [0.4, 0.5) is 0 Å². The molecule has 24 heavy (non-hydrogen) atoms. The maximum absolute atomic E-state index is 12.9. The molecule has 0 spiro atoms. The first kappa shape index (κ1) is 16.9. The number of carbonyl (C=O) groups excluding carboxylic acids is 1. The van der Waals surface area contributed by atoms with Crippen LogP contribution in [0.1, 0.15) is 58.8 Å². The van der Waals surface area contributed by atoms with Gasteiger partial charge < -0.3 is 4.90 Å². The Morgan fingerprint density at radius 2 is 2.08 bits per heavy atom. The highest BCUT2D eigenvalue weighted by molar-refractivity contribution is 7.13. The lowest BCUT2D eigenvalue weighted by atomic mass is 9.96. The van der Waals surface area contributed by atoms with Crippen LogP contribution in [0.25, 0.3) is 0 Å². The average molecular weight is 349 g/mol. The summed E-state index contributed by atoms with van der Waals surface area (Å²) in [6, 6.07) is 0. The zero-order valence-electron chi connectivity index (χ0n) is 14.3. The van der Waals surface area contributed by atoms with Crippen molar-refractivity contribution in [2.24, 2.45) is 5.92 Å². The summed E-state index contributed by atoms with van der Waals surface area (Å²) in [4.78, 5) is 34.0. The minimum Gasteiger partial charge on any atom is -0.338 e. The topological polar surface area (TPSA) is 94.7 Å². The van der Waals surface area contributed by atoms with Crippen LogP contribution in [-0.4, -0.2) is 44.1 Å². The molecule has 1 saturated heterocycles. The van der Waals surface area contributed by atoms with E-state index in [2.05, 4.69) is 34.0 Å². The van der Waals surface area contributed by atoms with Gasteiger partial charge in [0.1, 0.15) is 10.7 Å². The van der Waals surface area contributed by atoms with Gasteiger partial charge in [-0.15, -0.1) is 11.3 Å². The quantitative estimate of drug-likeness (QED) is 0.883. The molecule has 8 heteroatoms. The zero-order valence-corrected chi connectivity index (χ0v) is 15.1. The molecule has 130 valence electrons. The van der Waals surface area contributed by atoms with Gasteiger partial charge in [-0.2, -0.15) is 5.10 Å². The molecule has 0 aliphatic carbocycles. The summed E-state index contributed by atoms with van der Waals surface area (Å²) < 4.78 is 0. The zero-order chi connectivity index (χ0) is 17.3. The van der Waals surface area contributed by atoms with E-state index in [0.29, 0.717) is 24.8 Å². The number of H-pyrrole nitrogens is 2. The first-order valence-electron chi connectivity index (χ1n) is 8.34. The van der Waals surface area contributed by atoms with Crippen molar-refractivity contribution in [2.75, 3.05) is 13.1 Å². The van der Waals surface area contributed by atoms with Gasteiger partial charge in [-0.05, 0) is 32.1 Å². The van der Waals surface area contributed by atoms with Gasteiger partial charge >= 0.3 is 5.69 Å². The number of nitrogens with zero attached hydrogens (tertiary/aromatic N) is 3. The summed E-state index contributed by atoms with van der Waals surface area (Å²) in [5, 5.41) is 7.36. The largest absolute Gasteiger partial charge is 0.340 e. The van der Waals surface area contributed by atoms with Gasteiger partial charge in [0, 0.05) is 19.0 Å². The van der Waals surface area contributed by atoms with Crippen molar-refractivity contribution in [3.05, 3.63) is 31.9 Å². The van der Waals surface area contributed by atoms with Gasteiger partial charge in [-0.25, -0.2) is 14.9 Å². The molecule has 2 aromatic rings. The van der Waals surface area contributed by atoms with Gasteiger partial charge in [-0.3, -0.25) is 9.78 Å². The monoisotopic (exact) mass is 349 g/mol. The number of hydrogen-bond donors (Lipinski definition) is 2. The Kier molecular flexibility index (Phi) is 4.84. The van der Waals surface area contributed by atoms with E-state index in [1.165, 1.54) is 11.3 Å². The number of nitrogens with one attached hydrogen (secondary N) is 2. The highest BCUT2D eigenvalue weighted by Crippen LogP contribution is 2.28. The Labute approximate surface area is 144 Å². The van der Waals surface area contributed by atoms with E-state index in [-0.39, 0.29) is 17.5 Å². The fraction of sp³-hybridized carbons (Fsp3) is 0.625. The number of amides is 1. The van der Waals surface area contributed by atoms with E-state index < -0.39 is 0 Å². The van der Waals surface area contributed by atoms with Crippen LogP contribution in [0.2, 0.25) is 0 Å². The molecule has 0 bridgehead atoms. The van der Waals surface area contributed by atoms with Crippen molar-refractivity contribution in [1.29, 1.82) is 0 Å². The highest BCUT2D eigenvalue weighted by Gasteiger charge is 2.28. The van der Waals surface area contributed by atoms with Crippen molar-refractivity contribution < 1.29 is 4.79 Å². The second-order valence-corrected chi connectivity index (χ2v) is 7.94. The van der Waals surface area contributed by atoms with Gasteiger partial charge in [0.15, 0.2) is 0 Å². The summed E-state index contributed by atoms with van der Waals surface area (Å²) in [6.45, 7) is 7.58. The summed E-state index contributed by atoms with van der Waals surface area (Å²) in [5.74, 6) is 1.46. The van der Waals surface area contributed by atoms with Crippen LogP contribution in [0, 0.1) is 12.8 Å². The molecule has 0 aromatic carbocycles. The standard InChI is InChI=1S/C16H23N5O2S/c1-9(2)8-12-13(24-10(3)17-12)15(22)21-6-4-11(5-7-21)14-18-16(23)20-19-14/h9,11H,4-8H2,1-3H3,(H2,18,19,20,23). The van der Waals surface area contributed by atoms with Crippen LogP contribution in [-0.2, 0) is 6.42 Å². The van der Waals surface area contributed by atoms with E-state index in [1.807, 2.05) is 11.8 Å². The summed E-state index contributed by atoms with van der Waals surface area (Å²) in [6.07, 6.45) is 2.45. The van der Waals surface area contributed by atoms with Gasteiger partial charge in [0.05, 0.1) is 10.7 Å². The smallest absolute Gasteiger partial charge is 0.338 e. The summed E-state index contributed by atoms with van der Waals surface area (Å²) >= 11 is 1.49. The molecule has 3 rings (SSSR count). The maximum atomic E-state index is 12.9. The maximum Gasteiger partial charge on any atom is 0.340 e. The van der Waals surface area contributed by atoms with Crippen molar-refractivity contribution in [3.63, 3.8) is 0 Å². The van der Waals surface area contributed by atoms with E-state index >= 15 is 0 Å². The van der Waals surface area contributed by atoms with E-state index in [1.54, 1.807) is 0 Å². The Hall–Kier alpha value is -1.96. The van der Waals surface area contributed by atoms with E-state index in [9.17, 15) is 9.59 Å². The molecule has 0 radical (unpaired) electrons. The Morgan fingerprint density at radius 3 is 2.67 bits per heavy atom. The van der Waals surface area contributed by atoms with E-state index in [0.717, 1.165) is 34.8 Å². The molecule has 1 fully saturated rings. The third-order valence-electron chi connectivity index (χ3n) is 4.29. The molecule has 0 unspecified atom stereocenters. The second kappa shape index (κ2) is 6.88. The number of hydrogen-bond acceptors (Lipinski definition) is 5. The normalized spacial score (nSPS) is 16.1. The fourth-order valence-electron chi connectivity index (χ4n) is 3.14. The Bertz CT molecular complexity index is 768. The fourth-order valence-corrected chi connectivity index (χ4v) is 4.05. The van der Waals surface area contributed by atoms with Crippen molar-refractivity contribution in [1.82, 2.24) is 25.1 Å². The SMILES string of the molecule is Cc1nc(CC(C)C)c(C(=O)N2CCC(c3n[nH]c(=O)[nH]3)CC2)s1. The van der Waals surface area contributed by atoms with Crippen LogP contribution < -0.4 is 5.69 Å². The number of aromatic amines is 2.